The monoisotopic (exact) mass is 485 g/mol. The van der Waals surface area contributed by atoms with Crippen molar-refractivity contribution in [3.05, 3.63) is 88.1 Å². The molecule has 3 aromatic rings. The predicted molar refractivity (Wildman–Crippen MR) is 129 cm³/mol. The number of rotatable bonds is 9. The molecule has 0 fully saturated rings. The first-order chi connectivity index (χ1) is 16.3. The molecule has 1 aromatic heterocycles. The van der Waals surface area contributed by atoms with Crippen molar-refractivity contribution >= 4 is 41.6 Å². The van der Waals surface area contributed by atoms with E-state index in [1.807, 2.05) is 11.9 Å². The van der Waals surface area contributed by atoms with Gasteiger partial charge in [0, 0.05) is 19.3 Å². The van der Waals surface area contributed by atoms with Crippen LogP contribution in [0.1, 0.15) is 26.3 Å². The number of benzene rings is 2. The summed E-state index contributed by atoms with van der Waals surface area (Å²) in [5, 5.41) is 5.36. The summed E-state index contributed by atoms with van der Waals surface area (Å²) >= 11 is 5.78. The number of hydrogen-bond donors (Lipinski definition) is 2. The number of amides is 2. The summed E-state index contributed by atoms with van der Waals surface area (Å²) in [6, 6.07) is 10.6. The first-order valence-corrected chi connectivity index (χ1v) is 10.6. The van der Waals surface area contributed by atoms with Gasteiger partial charge in [-0.1, -0.05) is 17.7 Å². The molecular formula is C24H22ClF2N5O2. The molecule has 0 aliphatic heterocycles. The van der Waals surface area contributed by atoms with Crippen molar-refractivity contribution in [2.24, 2.45) is 4.99 Å². The Morgan fingerprint density at radius 3 is 2.50 bits per heavy atom. The van der Waals surface area contributed by atoms with Crippen LogP contribution in [0.5, 0.6) is 0 Å². The van der Waals surface area contributed by atoms with E-state index in [0.29, 0.717) is 30.2 Å². The third-order valence-corrected chi connectivity index (χ3v) is 5.04. The number of carbonyl (C=O) groups excluding carboxylic acids is 2. The van der Waals surface area contributed by atoms with Gasteiger partial charge in [-0.3, -0.25) is 14.6 Å². The van der Waals surface area contributed by atoms with Crippen LogP contribution in [0.2, 0.25) is 5.02 Å². The number of hydrogen-bond acceptors (Lipinski definition) is 5. The summed E-state index contributed by atoms with van der Waals surface area (Å²) < 4.78 is 28.5. The zero-order valence-corrected chi connectivity index (χ0v) is 19.1. The first-order valence-electron chi connectivity index (χ1n) is 10.2. The van der Waals surface area contributed by atoms with Gasteiger partial charge in [-0.2, -0.15) is 0 Å². The van der Waals surface area contributed by atoms with E-state index < -0.39 is 23.4 Å². The van der Waals surface area contributed by atoms with Crippen LogP contribution in [0.25, 0.3) is 0 Å². The topological polar surface area (TPSA) is 86.7 Å². The van der Waals surface area contributed by atoms with Gasteiger partial charge >= 0.3 is 0 Å². The largest absolute Gasteiger partial charge is 0.321 e. The van der Waals surface area contributed by atoms with Crippen LogP contribution in [0, 0.1) is 11.6 Å². The number of likely N-dealkylation sites (N-methyl/N-ethyl adjacent to an activating group) is 1. The van der Waals surface area contributed by atoms with E-state index in [9.17, 15) is 18.4 Å². The fourth-order valence-electron chi connectivity index (χ4n) is 3.11. The Morgan fingerprint density at radius 1 is 1.06 bits per heavy atom. The Morgan fingerprint density at radius 2 is 1.82 bits per heavy atom. The van der Waals surface area contributed by atoms with Gasteiger partial charge in [0.05, 0.1) is 28.4 Å². The summed E-state index contributed by atoms with van der Waals surface area (Å²) in [4.78, 5) is 35.1. The minimum atomic E-state index is -0.779. The zero-order valence-electron chi connectivity index (χ0n) is 18.3. The molecule has 0 radical (unpaired) electrons. The summed E-state index contributed by atoms with van der Waals surface area (Å²) in [5.41, 5.74) is 0.324. The number of nitrogens with one attached hydrogen (secondary N) is 2. The van der Waals surface area contributed by atoms with Gasteiger partial charge in [-0.15, -0.1) is 0 Å². The van der Waals surface area contributed by atoms with Crippen LogP contribution >= 0.6 is 11.6 Å². The third kappa shape index (κ3) is 6.66. The minimum Gasteiger partial charge on any atom is -0.321 e. The summed E-state index contributed by atoms with van der Waals surface area (Å²) in [7, 11) is 1.87. The van der Waals surface area contributed by atoms with Gasteiger partial charge in [0.15, 0.2) is 0 Å². The maximum absolute atomic E-state index is 14.7. The summed E-state index contributed by atoms with van der Waals surface area (Å²) in [6.07, 6.45) is 1.34. The lowest BCUT2D eigenvalue weighted by Gasteiger charge is -2.16. The Kier molecular flexibility index (Phi) is 8.39. The summed E-state index contributed by atoms with van der Waals surface area (Å²) in [5.74, 6) is -2.70. The van der Waals surface area contributed by atoms with Gasteiger partial charge in [-0.05, 0) is 61.8 Å². The number of aliphatic imine (C=N–C) groups is 1. The Balaban J connectivity index is 1.76. The van der Waals surface area contributed by atoms with Gasteiger partial charge in [0.25, 0.3) is 11.8 Å². The molecule has 2 N–H and O–H groups in total. The molecule has 0 aliphatic carbocycles. The molecule has 34 heavy (non-hydrogen) atoms. The maximum atomic E-state index is 14.7. The Labute approximate surface area is 200 Å². The van der Waals surface area contributed by atoms with Gasteiger partial charge < -0.3 is 15.5 Å². The quantitative estimate of drug-likeness (QED) is 0.432. The molecule has 2 amide bonds. The van der Waals surface area contributed by atoms with Gasteiger partial charge in [0.1, 0.15) is 17.5 Å². The Bertz CT molecular complexity index is 1200. The van der Waals surface area contributed by atoms with E-state index in [4.69, 9.17) is 11.6 Å². The average Bonchev–Trinajstić information content (AvgIpc) is 2.80. The van der Waals surface area contributed by atoms with Crippen molar-refractivity contribution in [3.8, 4) is 0 Å². The number of halogens is 3. The first kappa shape index (κ1) is 24.9. The van der Waals surface area contributed by atoms with Gasteiger partial charge in [-0.25, -0.2) is 13.8 Å². The van der Waals surface area contributed by atoms with Crippen molar-refractivity contribution in [3.63, 3.8) is 0 Å². The lowest BCUT2D eigenvalue weighted by molar-refractivity contribution is 0.102. The highest BCUT2D eigenvalue weighted by atomic mass is 35.5. The van der Waals surface area contributed by atoms with Crippen molar-refractivity contribution < 1.29 is 18.4 Å². The number of pyridine rings is 1. The van der Waals surface area contributed by atoms with Crippen molar-refractivity contribution in [2.75, 3.05) is 30.8 Å². The van der Waals surface area contributed by atoms with Crippen molar-refractivity contribution in [2.45, 2.75) is 6.54 Å². The Hall–Kier alpha value is -3.69. The molecule has 2 aromatic carbocycles. The number of aromatic nitrogens is 1. The molecule has 0 saturated heterocycles. The molecule has 0 saturated carbocycles. The van der Waals surface area contributed by atoms with Crippen molar-refractivity contribution in [1.82, 2.24) is 9.88 Å². The predicted octanol–water partition coefficient (Wildman–Crippen LogP) is 4.65. The van der Waals surface area contributed by atoms with Crippen molar-refractivity contribution in [1.29, 1.82) is 0 Å². The smallest absolute Gasteiger partial charge is 0.259 e. The second-order valence-corrected chi connectivity index (χ2v) is 7.90. The molecule has 0 atom stereocenters. The fourth-order valence-corrected chi connectivity index (χ4v) is 3.22. The molecule has 7 nitrogen and oxygen atoms in total. The van der Waals surface area contributed by atoms with Crippen LogP contribution < -0.4 is 10.6 Å². The van der Waals surface area contributed by atoms with E-state index in [1.54, 1.807) is 6.07 Å². The van der Waals surface area contributed by atoms with E-state index in [0.717, 1.165) is 12.1 Å². The van der Waals surface area contributed by atoms with Crippen LogP contribution in [-0.2, 0) is 6.54 Å². The lowest BCUT2D eigenvalue weighted by Crippen LogP contribution is -2.22. The summed E-state index contributed by atoms with van der Waals surface area (Å²) in [6.45, 7) is 5.12. The fraction of sp³-hybridized carbons (Fsp3) is 0.167. The zero-order chi connectivity index (χ0) is 24.7. The SMILES string of the molecule is C=NCCN(C)Cc1ccc(C(=O)Nc2ccc(F)cc2C(=O)Nc2ccc(Cl)cn2)c(F)c1. The molecule has 0 aliphatic rings. The second kappa shape index (κ2) is 11.4. The van der Waals surface area contributed by atoms with E-state index in [-0.39, 0.29) is 22.6 Å². The molecule has 176 valence electrons. The highest BCUT2D eigenvalue weighted by Gasteiger charge is 2.18. The third-order valence-electron chi connectivity index (χ3n) is 4.81. The molecule has 0 unspecified atom stereocenters. The van der Waals surface area contributed by atoms with Crippen LogP contribution in [0.15, 0.2) is 59.7 Å². The second-order valence-electron chi connectivity index (χ2n) is 7.46. The number of nitrogens with zero attached hydrogens (tertiary/aromatic N) is 3. The van der Waals surface area contributed by atoms with E-state index in [2.05, 4.69) is 27.3 Å². The molecular weight excluding hydrogens is 464 g/mol. The molecule has 1 heterocycles. The normalized spacial score (nSPS) is 10.7. The number of carbonyl (C=O) groups is 2. The van der Waals surface area contributed by atoms with E-state index >= 15 is 0 Å². The van der Waals surface area contributed by atoms with Gasteiger partial charge in [0.2, 0.25) is 0 Å². The van der Waals surface area contributed by atoms with E-state index in [1.165, 1.54) is 36.5 Å². The molecule has 0 spiro atoms. The average molecular weight is 486 g/mol. The lowest BCUT2D eigenvalue weighted by atomic mass is 10.1. The van der Waals surface area contributed by atoms with Crippen LogP contribution in [0.3, 0.4) is 0 Å². The molecule has 0 bridgehead atoms. The highest BCUT2D eigenvalue weighted by Crippen LogP contribution is 2.21. The molecule has 3 rings (SSSR count). The minimum absolute atomic E-state index is 0.0120. The maximum Gasteiger partial charge on any atom is 0.259 e. The van der Waals surface area contributed by atoms with Crippen LogP contribution in [0.4, 0.5) is 20.3 Å². The van der Waals surface area contributed by atoms with Crippen LogP contribution in [-0.4, -0.2) is 48.6 Å². The standard InChI is InChI=1S/C24H22ClF2N5O2/c1-28-9-10-32(2)14-15-3-6-18(20(27)11-15)23(33)30-21-7-5-17(26)12-19(21)24(34)31-22-8-4-16(25)13-29-22/h3-8,11-13H,1,9-10,14H2,2H3,(H,30,33)(H,29,31,34). The molecule has 10 heteroatoms. The highest BCUT2D eigenvalue weighted by molar-refractivity contribution is 6.30. The number of anilines is 2.